The SMILES string of the molecule is O=C(NC[C@H](O)C(=O)O)Nc1ccc(OC(F)F)cc1. The van der Waals surface area contributed by atoms with E-state index in [0.717, 1.165) is 0 Å². The molecule has 110 valence electrons. The maximum atomic E-state index is 11.9. The lowest BCUT2D eigenvalue weighted by atomic mass is 10.3. The van der Waals surface area contributed by atoms with Crippen LogP contribution in [0.2, 0.25) is 0 Å². The van der Waals surface area contributed by atoms with Gasteiger partial charge in [0.15, 0.2) is 6.10 Å². The molecule has 4 N–H and O–H groups in total. The average Bonchev–Trinajstić information content (AvgIpc) is 2.37. The number of anilines is 1. The number of ether oxygens (including phenoxy) is 1. The van der Waals surface area contributed by atoms with Crippen molar-refractivity contribution in [2.45, 2.75) is 12.7 Å². The number of aliphatic carboxylic acids is 1. The van der Waals surface area contributed by atoms with Crippen LogP contribution in [0.25, 0.3) is 0 Å². The van der Waals surface area contributed by atoms with Gasteiger partial charge in [-0.05, 0) is 24.3 Å². The molecule has 0 radical (unpaired) electrons. The van der Waals surface area contributed by atoms with Crippen LogP contribution >= 0.6 is 0 Å². The molecule has 0 aliphatic heterocycles. The van der Waals surface area contributed by atoms with Crippen molar-refractivity contribution in [3.8, 4) is 5.75 Å². The number of hydrogen-bond acceptors (Lipinski definition) is 4. The normalized spacial score (nSPS) is 11.8. The van der Waals surface area contributed by atoms with Gasteiger partial charge >= 0.3 is 18.6 Å². The molecule has 0 aliphatic rings. The zero-order valence-electron chi connectivity index (χ0n) is 10.0. The number of aliphatic hydroxyl groups excluding tert-OH is 1. The van der Waals surface area contributed by atoms with Crippen LogP contribution in [0.1, 0.15) is 0 Å². The minimum absolute atomic E-state index is 0.0627. The van der Waals surface area contributed by atoms with Crippen LogP contribution in [0, 0.1) is 0 Å². The Morgan fingerprint density at radius 3 is 2.35 bits per heavy atom. The Balaban J connectivity index is 2.44. The largest absolute Gasteiger partial charge is 0.479 e. The van der Waals surface area contributed by atoms with Crippen molar-refractivity contribution in [2.24, 2.45) is 0 Å². The highest BCUT2D eigenvalue weighted by molar-refractivity contribution is 5.89. The van der Waals surface area contributed by atoms with Gasteiger partial charge in [-0.2, -0.15) is 8.78 Å². The third-order valence-electron chi connectivity index (χ3n) is 2.08. The lowest BCUT2D eigenvalue weighted by Crippen LogP contribution is -2.38. The third-order valence-corrected chi connectivity index (χ3v) is 2.08. The standard InChI is InChI=1S/C11H12F2N2O5/c12-10(13)20-7-3-1-6(2-4-7)15-11(19)14-5-8(16)9(17)18/h1-4,8,10,16H,5H2,(H,17,18)(H2,14,15,19)/t8-/m0/s1. The molecule has 1 rings (SSSR count). The Labute approximate surface area is 112 Å². The van der Waals surface area contributed by atoms with Crippen molar-refractivity contribution < 1.29 is 33.3 Å². The number of benzene rings is 1. The van der Waals surface area contributed by atoms with Gasteiger partial charge < -0.3 is 25.6 Å². The molecule has 0 aromatic heterocycles. The van der Waals surface area contributed by atoms with Crippen molar-refractivity contribution >= 4 is 17.7 Å². The lowest BCUT2D eigenvalue weighted by Gasteiger charge is -2.10. The predicted molar refractivity (Wildman–Crippen MR) is 63.7 cm³/mol. The number of halogens is 2. The van der Waals surface area contributed by atoms with Gasteiger partial charge in [0.05, 0.1) is 6.54 Å². The van der Waals surface area contributed by atoms with Crippen LogP contribution in [0.3, 0.4) is 0 Å². The van der Waals surface area contributed by atoms with Gasteiger partial charge in [-0.1, -0.05) is 0 Å². The Bertz CT molecular complexity index is 466. The molecule has 1 atom stereocenters. The van der Waals surface area contributed by atoms with E-state index in [0.29, 0.717) is 0 Å². The van der Waals surface area contributed by atoms with E-state index < -0.39 is 31.3 Å². The monoisotopic (exact) mass is 290 g/mol. The minimum atomic E-state index is -2.94. The summed E-state index contributed by atoms with van der Waals surface area (Å²) in [6.45, 7) is -3.40. The fourth-order valence-electron chi connectivity index (χ4n) is 1.17. The topological polar surface area (TPSA) is 108 Å². The number of aliphatic hydroxyl groups is 1. The first kappa shape index (κ1) is 15.6. The van der Waals surface area contributed by atoms with Crippen molar-refractivity contribution in [1.29, 1.82) is 0 Å². The zero-order valence-corrected chi connectivity index (χ0v) is 10.0. The first-order chi connectivity index (χ1) is 9.38. The number of carboxylic acid groups (broad SMARTS) is 1. The number of amides is 2. The lowest BCUT2D eigenvalue weighted by molar-refractivity contribution is -0.146. The van der Waals surface area contributed by atoms with Gasteiger partial charge in [0.2, 0.25) is 0 Å². The molecule has 2 amide bonds. The molecular formula is C11H12F2N2O5. The Hall–Kier alpha value is -2.42. The van der Waals surface area contributed by atoms with Gasteiger partial charge in [-0.25, -0.2) is 9.59 Å². The molecule has 0 bridgehead atoms. The predicted octanol–water partition coefficient (Wildman–Crippen LogP) is 0.855. The first-order valence-corrected chi connectivity index (χ1v) is 5.39. The molecule has 0 aliphatic carbocycles. The molecule has 0 fully saturated rings. The van der Waals surface area contributed by atoms with Crippen LogP contribution in [0.4, 0.5) is 19.3 Å². The second-order valence-corrected chi connectivity index (χ2v) is 3.59. The summed E-state index contributed by atoms with van der Waals surface area (Å²) in [5.74, 6) is -1.52. The molecule has 1 aromatic rings. The highest BCUT2D eigenvalue weighted by atomic mass is 19.3. The zero-order chi connectivity index (χ0) is 15.1. The fraction of sp³-hybridized carbons (Fsp3) is 0.273. The molecule has 0 saturated carbocycles. The maximum absolute atomic E-state index is 11.9. The van der Waals surface area contributed by atoms with Crippen molar-refractivity contribution in [3.63, 3.8) is 0 Å². The maximum Gasteiger partial charge on any atom is 0.387 e. The molecular weight excluding hydrogens is 278 g/mol. The van der Waals surface area contributed by atoms with Crippen LogP contribution < -0.4 is 15.4 Å². The van der Waals surface area contributed by atoms with Crippen molar-refractivity contribution in [1.82, 2.24) is 5.32 Å². The van der Waals surface area contributed by atoms with Gasteiger partial charge in [0.25, 0.3) is 0 Å². The van der Waals surface area contributed by atoms with Crippen molar-refractivity contribution in [2.75, 3.05) is 11.9 Å². The van der Waals surface area contributed by atoms with Gasteiger partial charge in [-0.3, -0.25) is 0 Å². The van der Waals surface area contributed by atoms with E-state index in [4.69, 9.17) is 10.2 Å². The number of alkyl halides is 2. The molecule has 1 aromatic carbocycles. The Morgan fingerprint density at radius 2 is 1.85 bits per heavy atom. The summed E-state index contributed by atoms with van der Waals surface area (Å²) in [6, 6.07) is 4.37. The van der Waals surface area contributed by atoms with Gasteiger partial charge in [0.1, 0.15) is 5.75 Å². The van der Waals surface area contributed by atoms with Crippen LogP contribution in [0.5, 0.6) is 5.75 Å². The van der Waals surface area contributed by atoms with Crippen LogP contribution in [-0.2, 0) is 4.79 Å². The summed E-state index contributed by atoms with van der Waals surface area (Å²) >= 11 is 0. The number of carboxylic acids is 1. The van der Waals surface area contributed by atoms with E-state index in [9.17, 15) is 18.4 Å². The average molecular weight is 290 g/mol. The van der Waals surface area contributed by atoms with E-state index in [1.54, 1.807) is 0 Å². The van der Waals surface area contributed by atoms with Crippen LogP contribution in [-0.4, -0.2) is 41.5 Å². The van der Waals surface area contributed by atoms with Gasteiger partial charge in [-0.15, -0.1) is 0 Å². The molecule has 0 unspecified atom stereocenters. The minimum Gasteiger partial charge on any atom is -0.479 e. The highest BCUT2D eigenvalue weighted by Gasteiger charge is 2.14. The third kappa shape index (κ3) is 5.48. The second kappa shape index (κ2) is 7.24. The second-order valence-electron chi connectivity index (χ2n) is 3.59. The summed E-state index contributed by atoms with van der Waals surface area (Å²) in [6.07, 6.45) is -1.71. The number of hydrogen-bond donors (Lipinski definition) is 4. The summed E-state index contributed by atoms with van der Waals surface area (Å²) in [5.41, 5.74) is 0.286. The molecule has 7 nitrogen and oxygen atoms in total. The molecule has 0 heterocycles. The molecule has 0 spiro atoms. The Morgan fingerprint density at radius 1 is 1.25 bits per heavy atom. The number of rotatable bonds is 6. The fourth-order valence-corrected chi connectivity index (χ4v) is 1.17. The summed E-state index contributed by atoms with van der Waals surface area (Å²) < 4.78 is 27.9. The van der Waals surface area contributed by atoms with E-state index in [-0.39, 0.29) is 11.4 Å². The van der Waals surface area contributed by atoms with E-state index in [1.165, 1.54) is 24.3 Å². The van der Waals surface area contributed by atoms with E-state index >= 15 is 0 Å². The number of carbonyl (C=O) groups excluding carboxylic acids is 1. The number of urea groups is 1. The highest BCUT2D eigenvalue weighted by Crippen LogP contribution is 2.17. The number of nitrogens with one attached hydrogen (secondary N) is 2. The smallest absolute Gasteiger partial charge is 0.387 e. The molecule has 9 heteroatoms. The quantitative estimate of drug-likeness (QED) is 0.621. The van der Waals surface area contributed by atoms with Crippen molar-refractivity contribution in [3.05, 3.63) is 24.3 Å². The summed E-state index contributed by atoms with van der Waals surface area (Å²) in [5, 5.41) is 21.8. The van der Waals surface area contributed by atoms with E-state index in [2.05, 4.69) is 15.4 Å². The van der Waals surface area contributed by atoms with E-state index in [1.807, 2.05) is 0 Å². The summed E-state index contributed by atoms with van der Waals surface area (Å²) in [4.78, 5) is 21.6. The van der Waals surface area contributed by atoms with Gasteiger partial charge in [0, 0.05) is 5.69 Å². The molecule has 20 heavy (non-hydrogen) atoms. The first-order valence-electron chi connectivity index (χ1n) is 5.39. The summed E-state index contributed by atoms with van der Waals surface area (Å²) in [7, 11) is 0. The Kier molecular flexibility index (Phi) is 5.66. The molecule has 0 saturated heterocycles. The number of carbonyl (C=O) groups is 2. The van der Waals surface area contributed by atoms with Crippen LogP contribution in [0.15, 0.2) is 24.3 Å².